The summed E-state index contributed by atoms with van der Waals surface area (Å²) >= 11 is 5.76. The summed E-state index contributed by atoms with van der Waals surface area (Å²) < 4.78 is 0. The van der Waals surface area contributed by atoms with Crippen molar-refractivity contribution in [1.82, 2.24) is 9.97 Å². The zero-order valence-electron chi connectivity index (χ0n) is 10.5. The molecule has 1 saturated heterocycles. The maximum atomic E-state index is 12.7. The van der Waals surface area contributed by atoms with Gasteiger partial charge >= 0.3 is 0 Å². The lowest BCUT2D eigenvalue weighted by Gasteiger charge is -2.22. The molecule has 2 fully saturated rings. The van der Waals surface area contributed by atoms with Crippen molar-refractivity contribution >= 4 is 23.3 Å². The quantitative estimate of drug-likeness (QED) is 0.775. The van der Waals surface area contributed by atoms with Crippen LogP contribution in [-0.4, -0.2) is 22.4 Å². The molecule has 0 spiro atoms. The van der Waals surface area contributed by atoms with Crippen molar-refractivity contribution in [2.24, 2.45) is 17.3 Å². The number of hydrogen-bond acceptors (Lipinski definition) is 4. The molecule has 0 bridgehead atoms. The first-order valence-corrected chi connectivity index (χ1v) is 6.69. The number of aromatic nitrogens is 2. The molecule has 0 unspecified atom stereocenters. The van der Waals surface area contributed by atoms with Crippen molar-refractivity contribution in [3.05, 3.63) is 17.5 Å². The van der Waals surface area contributed by atoms with Crippen LogP contribution in [0.2, 0.25) is 5.28 Å². The maximum absolute atomic E-state index is 12.7. The van der Waals surface area contributed by atoms with Gasteiger partial charge in [0, 0.05) is 18.7 Å². The summed E-state index contributed by atoms with van der Waals surface area (Å²) in [5.74, 6) is 0.544. The molecule has 1 aliphatic carbocycles. The average molecular weight is 277 g/mol. The van der Waals surface area contributed by atoms with Crippen molar-refractivity contribution in [3.63, 3.8) is 0 Å². The molecule has 0 aromatic carbocycles. The predicted octanol–water partition coefficient (Wildman–Crippen LogP) is 2.03. The Balaban J connectivity index is 1.99. The van der Waals surface area contributed by atoms with Crippen molar-refractivity contribution in [2.45, 2.75) is 19.8 Å². The number of halogens is 1. The van der Waals surface area contributed by atoms with Gasteiger partial charge in [-0.05, 0) is 36.4 Å². The molecule has 0 radical (unpaired) electrons. The number of hydrogen-bond donors (Lipinski definition) is 0. The van der Waals surface area contributed by atoms with Gasteiger partial charge in [0.15, 0.2) is 0 Å². The van der Waals surface area contributed by atoms with Crippen LogP contribution < -0.4 is 4.90 Å². The molecular formula is C13H13ClN4O. The van der Waals surface area contributed by atoms with Crippen LogP contribution in [0, 0.1) is 28.6 Å². The van der Waals surface area contributed by atoms with E-state index in [9.17, 15) is 10.1 Å². The number of carbonyl (C=O) groups is 1. The van der Waals surface area contributed by atoms with Gasteiger partial charge in [-0.15, -0.1) is 0 Å². The van der Waals surface area contributed by atoms with Crippen molar-refractivity contribution in [3.8, 4) is 6.07 Å². The van der Waals surface area contributed by atoms with Crippen LogP contribution in [0.5, 0.6) is 0 Å². The number of rotatable bonds is 2. The van der Waals surface area contributed by atoms with Gasteiger partial charge in [0.25, 0.3) is 0 Å². The van der Waals surface area contributed by atoms with Crippen LogP contribution in [0.1, 0.15) is 19.8 Å². The molecule has 2 atom stereocenters. The zero-order valence-corrected chi connectivity index (χ0v) is 11.3. The highest BCUT2D eigenvalue weighted by molar-refractivity contribution is 6.28. The van der Waals surface area contributed by atoms with Gasteiger partial charge in [0.05, 0.1) is 6.07 Å². The first kappa shape index (κ1) is 12.4. The second kappa shape index (κ2) is 4.17. The van der Waals surface area contributed by atoms with Gasteiger partial charge in [-0.25, -0.2) is 9.97 Å². The monoisotopic (exact) mass is 276 g/mol. The minimum absolute atomic E-state index is 0.00578. The zero-order chi connectivity index (χ0) is 13.6. The molecule has 6 heteroatoms. The summed E-state index contributed by atoms with van der Waals surface area (Å²) in [6.45, 7) is 2.47. The Hall–Kier alpha value is -1.67. The van der Waals surface area contributed by atoms with Crippen LogP contribution in [0.25, 0.3) is 0 Å². The molecule has 1 saturated carbocycles. The third kappa shape index (κ3) is 1.71. The van der Waals surface area contributed by atoms with E-state index < -0.39 is 5.41 Å². The van der Waals surface area contributed by atoms with Gasteiger partial charge in [0.1, 0.15) is 11.2 Å². The van der Waals surface area contributed by atoms with Crippen LogP contribution in [0.15, 0.2) is 12.3 Å². The van der Waals surface area contributed by atoms with E-state index in [1.165, 1.54) is 6.20 Å². The molecule has 1 amide bonds. The second-order valence-electron chi connectivity index (χ2n) is 5.26. The SMILES string of the molecule is C[C@@H]1CN(c2ccnc(Cl)n2)C(=O)[C@@]1(C#N)C1CC1. The molecule has 1 aromatic rings. The van der Waals surface area contributed by atoms with E-state index in [4.69, 9.17) is 11.6 Å². The standard InChI is InChI=1S/C13H13ClN4O/c1-8-6-18(10-4-5-16-12(14)17-10)11(19)13(8,7-15)9-2-3-9/h4-5,8-9H,2-3,6H2,1H3/t8-,13-/m1/s1. The van der Waals surface area contributed by atoms with Crippen LogP contribution in [0.3, 0.4) is 0 Å². The van der Waals surface area contributed by atoms with Crippen molar-refractivity contribution in [1.29, 1.82) is 5.26 Å². The predicted molar refractivity (Wildman–Crippen MR) is 69.3 cm³/mol. The second-order valence-corrected chi connectivity index (χ2v) is 5.59. The topological polar surface area (TPSA) is 69.9 Å². The maximum Gasteiger partial charge on any atom is 0.249 e. The van der Waals surface area contributed by atoms with E-state index in [2.05, 4.69) is 16.0 Å². The fourth-order valence-electron chi connectivity index (χ4n) is 2.97. The normalized spacial score (nSPS) is 30.5. The summed E-state index contributed by atoms with van der Waals surface area (Å²) in [5.41, 5.74) is -0.878. The van der Waals surface area contributed by atoms with E-state index in [-0.39, 0.29) is 23.0 Å². The summed E-state index contributed by atoms with van der Waals surface area (Å²) in [7, 11) is 0. The Morgan fingerprint density at radius 2 is 2.32 bits per heavy atom. The third-order valence-corrected chi connectivity index (χ3v) is 4.31. The van der Waals surface area contributed by atoms with Crippen LogP contribution in [-0.2, 0) is 4.79 Å². The summed E-state index contributed by atoms with van der Waals surface area (Å²) in [6, 6.07) is 3.94. The van der Waals surface area contributed by atoms with Crippen LogP contribution >= 0.6 is 11.6 Å². The number of carbonyl (C=O) groups excluding carboxylic acids is 1. The molecule has 98 valence electrons. The minimum atomic E-state index is -0.878. The summed E-state index contributed by atoms with van der Waals surface area (Å²) in [6.07, 6.45) is 3.44. The molecule has 2 aliphatic rings. The van der Waals surface area contributed by atoms with Gasteiger partial charge in [-0.1, -0.05) is 6.92 Å². The van der Waals surface area contributed by atoms with E-state index >= 15 is 0 Å². The fraction of sp³-hybridized carbons (Fsp3) is 0.538. The average Bonchev–Trinajstić information content (AvgIpc) is 3.18. The van der Waals surface area contributed by atoms with E-state index in [1.54, 1.807) is 11.0 Å². The summed E-state index contributed by atoms with van der Waals surface area (Å²) in [4.78, 5) is 22.1. The Bertz CT molecular complexity index is 580. The van der Waals surface area contributed by atoms with Gasteiger partial charge < -0.3 is 0 Å². The van der Waals surface area contributed by atoms with E-state index in [0.29, 0.717) is 12.4 Å². The van der Waals surface area contributed by atoms with Gasteiger partial charge in [0.2, 0.25) is 11.2 Å². The van der Waals surface area contributed by atoms with Gasteiger partial charge in [-0.2, -0.15) is 5.26 Å². The molecule has 5 nitrogen and oxygen atoms in total. The highest BCUT2D eigenvalue weighted by Crippen LogP contribution is 2.54. The smallest absolute Gasteiger partial charge is 0.249 e. The fourth-order valence-corrected chi connectivity index (χ4v) is 3.12. The Morgan fingerprint density at radius 1 is 1.58 bits per heavy atom. The first-order chi connectivity index (χ1) is 9.09. The lowest BCUT2D eigenvalue weighted by molar-refractivity contribution is -0.124. The Morgan fingerprint density at radius 3 is 2.89 bits per heavy atom. The molecule has 0 N–H and O–H groups in total. The lowest BCUT2D eigenvalue weighted by atomic mass is 9.75. The largest absolute Gasteiger partial charge is 0.295 e. The number of amides is 1. The third-order valence-electron chi connectivity index (χ3n) is 4.13. The Labute approximate surface area is 116 Å². The summed E-state index contributed by atoms with van der Waals surface area (Å²) in [5, 5.41) is 9.64. The van der Waals surface area contributed by atoms with Gasteiger partial charge in [-0.3, -0.25) is 9.69 Å². The minimum Gasteiger partial charge on any atom is -0.295 e. The molecular weight excluding hydrogens is 264 g/mol. The number of anilines is 1. The van der Waals surface area contributed by atoms with E-state index in [0.717, 1.165) is 12.8 Å². The van der Waals surface area contributed by atoms with Crippen molar-refractivity contribution < 1.29 is 4.79 Å². The molecule has 1 aliphatic heterocycles. The highest BCUT2D eigenvalue weighted by atomic mass is 35.5. The highest BCUT2D eigenvalue weighted by Gasteiger charge is 2.61. The molecule has 3 rings (SSSR count). The lowest BCUT2D eigenvalue weighted by Crippen LogP contribution is -2.37. The molecule has 2 heterocycles. The number of nitriles is 1. The van der Waals surface area contributed by atoms with Crippen LogP contribution in [0.4, 0.5) is 5.82 Å². The Kier molecular flexibility index (Phi) is 2.72. The first-order valence-electron chi connectivity index (χ1n) is 6.31. The molecule has 1 aromatic heterocycles. The van der Waals surface area contributed by atoms with E-state index in [1.807, 2.05) is 6.92 Å². The molecule has 19 heavy (non-hydrogen) atoms. The van der Waals surface area contributed by atoms with Crippen molar-refractivity contribution in [2.75, 3.05) is 11.4 Å². The number of nitrogens with zero attached hydrogens (tertiary/aromatic N) is 4.